The smallest absolute Gasteiger partial charge is 0.360 e. The first kappa shape index (κ1) is 13.8. The number of nitrogen functional groups attached to an aromatic ring is 1. The Morgan fingerprint density at radius 1 is 1.30 bits per heavy atom. The third kappa shape index (κ3) is 2.17. The van der Waals surface area contributed by atoms with Gasteiger partial charge in [0.05, 0.1) is 5.69 Å². The molecule has 10 heteroatoms. The van der Waals surface area contributed by atoms with Crippen molar-refractivity contribution in [1.29, 1.82) is 0 Å². The first-order valence-electron chi connectivity index (χ1n) is 5.11. The molecule has 106 valence electrons. The van der Waals surface area contributed by atoms with E-state index >= 15 is 0 Å². The van der Waals surface area contributed by atoms with Gasteiger partial charge in [-0.1, -0.05) is 12.1 Å². The van der Waals surface area contributed by atoms with Crippen LogP contribution >= 0.6 is 0 Å². The largest absolute Gasteiger partial charge is 0.503 e. The van der Waals surface area contributed by atoms with Crippen molar-refractivity contribution in [2.75, 3.05) is 5.73 Å². The fourth-order valence-corrected chi connectivity index (χ4v) is 2.27. The molecule has 5 N–H and O–H groups in total. The summed E-state index contributed by atoms with van der Waals surface area (Å²) in [6, 6.07) is 5.12. The standard InChI is InChI=1S/C10H9N3O6S/c11-9-8(14)7(10(15)16)12-13(9)5-3-1-2-4-6(5)20(17,18)19/h1-4,14H,11H2,(H,15,16)(H,17,18,19). The molecule has 1 aromatic carbocycles. The molecule has 0 spiro atoms. The van der Waals surface area contributed by atoms with E-state index in [1.165, 1.54) is 18.2 Å². The fourth-order valence-electron chi connectivity index (χ4n) is 1.60. The molecule has 0 aliphatic rings. The molecule has 0 bridgehead atoms. The number of aromatic carboxylic acids is 1. The van der Waals surface area contributed by atoms with Gasteiger partial charge in [-0.25, -0.2) is 9.48 Å². The lowest BCUT2D eigenvalue weighted by molar-refractivity contribution is 0.0687. The maximum atomic E-state index is 11.3. The number of aromatic hydroxyl groups is 1. The Kier molecular flexibility index (Phi) is 3.12. The second-order valence-electron chi connectivity index (χ2n) is 3.74. The minimum absolute atomic E-state index is 0.185. The number of rotatable bonds is 3. The van der Waals surface area contributed by atoms with Crippen LogP contribution in [-0.2, 0) is 10.1 Å². The normalized spacial score (nSPS) is 11.4. The van der Waals surface area contributed by atoms with Crippen LogP contribution in [-0.4, -0.2) is 38.9 Å². The Bertz CT molecular complexity index is 795. The highest BCUT2D eigenvalue weighted by Gasteiger charge is 2.24. The Morgan fingerprint density at radius 2 is 1.90 bits per heavy atom. The van der Waals surface area contributed by atoms with E-state index in [0.717, 1.165) is 10.7 Å². The summed E-state index contributed by atoms with van der Waals surface area (Å²) in [5.41, 5.74) is 4.58. The summed E-state index contributed by atoms with van der Waals surface area (Å²) < 4.78 is 32.4. The van der Waals surface area contributed by atoms with Gasteiger partial charge in [-0.15, -0.1) is 0 Å². The molecule has 0 atom stereocenters. The van der Waals surface area contributed by atoms with Gasteiger partial charge in [0, 0.05) is 0 Å². The van der Waals surface area contributed by atoms with Gasteiger partial charge in [-0.3, -0.25) is 4.55 Å². The summed E-state index contributed by atoms with van der Waals surface area (Å²) in [7, 11) is -4.57. The van der Waals surface area contributed by atoms with E-state index in [4.69, 9.17) is 15.4 Å². The number of carbonyl (C=O) groups is 1. The predicted molar refractivity (Wildman–Crippen MR) is 66.4 cm³/mol. The van der Waals surface area contributed by atoms with Crippen LogP contribution in [0.15, 0.2) is 29.2 Å². The molecule has 0 aliphatic carbocycles. The lowest BCUT2D eigenvalue weighted by Gasteiger charge is -2.07. The van der Waals surface area contributed by atoms with Gasteiger partial charge >= 0.3 is 5.97 Å². The highest BCUT2D eigenvalue weighted by Crippen LogP contribution is 2.29. The number of carboxylic acids is 1. The summed E-state index contributed by atoms with van der Waals surface area (Å²) in [5, 5.41) is 21.9. The molecule has 0 aliphatic heterocycles. The summed E-state index contributed by atoms with van der Waals surface area (Å²) >= 11 is 0. The summed E-state index contributed by atoms with van der Waals surface area (Å²) in [5.74, 6) is -2.78. The number of carboxylic acid groups (broad SMARTS) is 1. The van der Waals surface area contributed by atoms with Crippen molar-refractivity contribution >= 4 is 21.9 Å². The number of hydrogen-bond acceptors (Lipinski definition) is 6. The Labute approximate surface area is 112 Å². The first-order valence-corrected chi connectivity index (χ1v) is 6.55. The third-order valence-electron chi connectivity index (χ3n) is 2.47. The van der Waals surface area contributed by atoms with Gasteiger partial charge in [0.1, 0.15) is 4.90 Å². The van der Waals surface area contributed by atoms with E-state index in [0.29, 0.717) is 0 Å². The van der Waals surface area contributed by atoms with Gasteiger partial charge in [0.25, 0.3) is 10.1 Å². The number of hydrogen-bond donors (Lipinski definition) is 4. The van der Waals surface area contributed by atoms with E-state index < -0.39 is 38.2 Å². The van der Waals surface area contributed by atoms with Crippen molar-refractivity contribution in [3.05, 3.63) is 30.0 Å². The molecular formula is C10H9N3O6S. The molecule has 20 heavy (non-hydrogen) atoms. The van der Waals surface area contributed by atoms with Crippen LogP contribution in [0.2, 0.25) is 0 Å². The van der Waals surface area contributed by atoms with E-state index in [1.807, 2.05) is 0 Å². The zero-order valence-corrected chi connectivity index (χ0v) is 10.6. The van der Waals surface area contributed by atoms with Crippen molar-refractivity contribution in [2.24, 2.45) is 0 Å². The van der Waals surface area contributed by atoms with Gasteiger partial charge in [-0.2, -0.15) is 13.5 Å². The number of anilines is 1. The average molecular weight is 299 g/mol. The quantitative estimate of drug-likeness (QED) is 0.581. The molecule has 1 heterocycles. The van der Waals surface area contributed by atoms with Crippen LogP contribution in [0.1, 0.15) is 10.5 Å². The fraction of sp³-hybridized carbons (Fsp3) is 0. The van der Waals surface area contributed by atoms with E-state index in [-0.39, 0.29) is 5.69 Å². The molecule has 0 fully saturated rings. The van der Waals surface area contributed by atoms with Crippen LogP contribution in [0.4, 0.5) is 5.82 Å². The molecule has 0 amide bonds. The number of benzene rings is 1. The number of nitrogens with two attached hydrogens (primary N) is 1. The molecule has 9 nitrogen and oxygen atoms in total. The third-order valence-corrected chi connectivity index (χ3v) is 3.37. The zero-order valence-electron chi connectivity index (χ0n) is 9.76. The average Bonchev–Trinajstić information content (AvgIpc) is 2.65. The van der Waals surface area contributed by atoms with Crippen molar-refractivity contribution in [2.45, 2.75) is 4.90 Å². The second kappa shape index (κ2) is 4.51. The monoisotopic (exact) mass is 299 g/mol. The van der Waals surface area contributed by atoms with Crippen LogP contribution in [0.5, 0.6) is 5.75 Å². The lowest BCUT2D eigenvalue weighted by atomic mass is 10.3. The summed E-state index contributed by atoms with van der Waals surface area (Å²) in [6.45, 7) is 0. The minimum Gasteiger partial charge on any atom is -0.503 e. The second-order valence-corrected chi connectivity index (χ2v) is 5.13. The van der Waals surface area contributed by atoms with Crippen molar-refractivity contribution in [3.63, 3.8) is 0 Å². The Balaban J connectivity index is 2.77. The number of para-hydroxylation sites is 1. The first-order chi connectivity index (χ1) is 9.23. The van der Waals surface area contributed by atoms with Crippen molar-refractivity contribution in [3.8, 4) is 11.4 Å². The number of nitrogens with zero attached hydrogens (tertiary/aromatic N) is 2. The van der Waals surface area contributed by atoms with E-state index in [9.17, 15) is 18.3 Å². The molecular weight excluding hydrogens is 290 g/mol. The maximum Gasteiger partial charge on any atom is 0.360 e. The van der Waals surface area contributed by atoms with Crippen LogP contribution in [0.3, 0.4) is 0 Å². The zero-order chi connectivity index (χ0) is 15.1. The number of aromatic nitrogens is 2. The van der Waals surface area contributed by atoms with Crippen molar-refractivity contribution in [1.82, 2.24) is 9.78 Å². The molecule has 0 saturated carbocycles. The Hall–Kier alpha value is -2.59. The highest BCUT2D eigenvalue weighted by molar-refractivity contribution is 7.86. The van der Waals surface area contributed by atoms with Gasteiger partial charge in [0.2, 0.25) is 5.69 Å². The molecule has 2 rings (SSSR count). The lowest BCUT2D eigenvalue weighted by Crippen LogP contribution is -2.09. The van der Waals surface area contributed by atoms with E-state index in [1.54, 1.807) is 0 Å². The van der Waals surface area contributed by atoms with Gasteiger partial charge in [0.15, 0.2) is 11.6 Å². The highest BCUT2D eigenvalue weighted by atomic mass is 32.2. The van der Waals surface area contributed by atoms with Gasteiger partial charge in [-0.05, 0) is 12.1 Å². The molecule has 1 aromatic heterocycles. The van der Waals surface area contributed by atoms with Crippen LogP contribution in [0, 0.1) is 0 Å². The van der Waals surface area contributed by atoms with Crippen LogP contribution < -0.4 is 5.73 Å². The van der Waals surface area contributed by atoms with Crippen molar-refractivity contribution < 1.29 is 28.0 Å². The summed E-state index contributed by atoms with van der Waals surface area (Å²) in [4.78, 5) is 10.3. The van der Waals surface area contributed by atoms with E-state index in [2.05, 4.69) is 5.10 Å². The maximum absolute atomic E-state index is 11.3. The topological polar surface area (TPSA) is 156 Å². The predicted octanol–water partition coefficient (Wildman–Crippen LogP) is 0.105. The summed E-state index contributed by atoms with van der Waals surface area (Å²) in [6.07, 6.45) is 0. The Morgan fingerprint density at radius 3 is 2.40 bits per heavy atom. The molecule has 0 radical (unpaired) electrons. The molecule has 0 unspecified atom stereocenters. The van der Waals surface area contributed by atoms with Gasteiger partial charge < -0.3 is 15.9 Å². The minimum atomic E-state index is -4.57. The molecule has 0 saturated heterocycles. The molecule has 2 aromatic rings. The SMILES string of the molecule is Nc1c(O)c(C(=O)O)nn1-c1ccccc1S(=O)(=O)O. The van der Waals surface area contributed by atoms with Crippen LogP contribution in [0.25, 0.3) is 5.69 Å².